The van der Waals surface area contributed by atoms with Crippen molar-refractivity contribution < 1.29 is 4.79 Å². The molecule has 2 heterocycles. The molecule has 0 saturated heterocycles. The molecular weight excluding hydrogens is 356 g/mol. The molecule has 0 fully saturated rings. The van der Waals surface area contributed by atoms with Crippen LogP contribution < -0.4 is 10.6 Å². The molecule has 0 radical (unpaired) electrons. The van der Waals surface area contributed by atoms with Gasteiger partial charge in [-0.05, 0) is 24.1 Å². The highest BCUT2D eigenvalue weighted by Gasteiger charge is 2.08. The Labute approximate surface area is 155 Å². The van der Waals surface area contributed by atoms with Crippen LogP contribution in [0.2, 0.25) is 5.02 Å². The Morgan fingerprint density at radius 1 is 1.16 bits per heavy atom. The van der Waals surface area contributed by atoms with E-state index in [-0.39, 0.29) is 12.3 Å². The number of nitrogens with one attached hydrogen (secondary N) is 2. The molecule has 2 aromatic heterocycles. The van der Waals surface area contributed by atoms with Crippen LogP contribution in [-0.2, 0) is 17.6 Å². The van der Waals surface area contributed by atoms with Crippen molar-refractivity contribution in [1.29, 1.82) is 0 Å². The lowest BCUT2D eigenvalue weighted by Crippen LogP contribution is -2.27. The number of aromatic nitrogens is 2. The predicted octanol–water partition coefficient (Wildman–Crippen LogP) is 3.84. The topological polar surface area (TPSA) is 66.9 Å². The number of amides is 1. The zero-order valence-corrected chi connectivity index (χ0v) is 15.0. The second-order valence-electron chi connectivity index (χ2n) is 5.39. The van der Waals surface area contributed by atoms with Crippen LogP contribution in [0.4, 0.5) is 10.9 Å². The van der Waals surface area contributed by atoms with Crippen molar-refractivity contribution >= 4 is 39.8 Å². The van der Waals surface area contributed by atoms with Gasteiger partial charge in [-0.25, -0.2) is 9.97 Å². The summed E-state index contributed by atoms with van der Waals surface area (Å²) in [7, 11) is 0. The number of halogens is 1. The molecule has 2 N–H and O–H groups in total. The van der Waals surface area contributed by atoms with Gasteiger partial charge < -0.3 is 10.6 Å². The van der Waals surface area contributed by atoms with Crippen molar-refractivity contribution in [1.82, 2.24) is 15.3 Å². The summed E-state index contributed by atoms with van der Waals surface area (Å²) in [6, 6.07) is 13.6. The second-order valence-corrected chi connectivity index (χ2v) is 6.69. The molecule has 5 nitrogen and oxygen atoms in total. The lowest BCUT2D eigenvalue weighted by Gasteiger charge is -2.04. The smallest absolute Gasteiger partial charge is 0.226 e. The first-order chi connectivity index (χ1) is 12.2. The minimum absolute atomic E-state index is 0.0302. The molecule has 1 amide bonds. The predicted molar refractivity (Wildman–Crippen MR) is 102 cm³/mol. The third kappa shape index (κ3) is 5.55. The Hall–Kier alpha value is -2.44. The van der Waals surface area contributed by atoms with E-state index in [1.807, 2.05) is 23.6 Å². The molecule has 3 rings (SSSR count). The Morgan fingerprint density at radius 2 is 2.00 bits per heavy atom. The first-order valence-corrected chi connectivity index (χ1v) is 9.08. The Bertz CT molecular complexity index is 821. The third-order valence-electron chi connectivity index (χ3n) is 3.43. The van der Waals surface area contributed by atoms with Gasteiger partial charge in [0.1, 0.15) is 5.82 Å². The molecule has 0 unspecified atom stereocenters. The van der Waals surface area contributed by atoms with E-state index in [2.05, 4.69) is 32.7 Å². The summed E-state index contributed by atoms with van der Waals surface area (Å²) in [5, 5.41) is 9.17. The fraction of sp³-hybridized carbons (Fsp3) is 0.167. The average Bonchev–Trinajstić information content (AvgIpc) is 3.05. The van der Waals surface area contributed by atoms with Crippen LogP contribution in [0.5, 0.6) is 0 Å². The maximum Gasteiger partial charge on any atom is 0.226 e. The van der Waals surface area contributed by atoms with Crippen molar-refractivity contribution in [2.45, 2.75) is 12.8 Å². The number of anilines is 2. The average molecular weight is 373 g/mol. The number of nitrogens with zero attached hydrogens (tertiary/aromatic N) is 2. The SMILES string of the molecule is O=C(Cc1csc(Nc2ccc(Cl)cn2)n1)NCCc1ccccc1. The largest absolute Gasteiger partial charge is 0.355 e. The van der Waals surface area contributed by atoms with E-state index in [1.54, 1.807) is 18.3 Å². The molecule has 3 aromatic rings. The van der Waals surface area contributed by atoms with E-state index in [0.717, 1.165) is 12.1 Å². The number of hydrogen-bond donors (Lipinski definition) is 2. The minimum Gasteiger partial charge on any atom is -0.355 e. The zero-order chi connectivity index (χ0) is 17.5. The van der Waals surface area contributed by atoms with Crippen LogP contribution in [0.3, 0.4) is 0 Å². The molecule has 0 atom stereocenters. The van der Waals surface area contributed by atoms with Crippen molar-refractivity contribution in [2.75, 3.05) is 11.9 Å². The van der Waals surface area contributed by atoms with Crippen LogP contribution in [0.1, 0.15) is 11.3 Å². The highest BCUT2D eigenvalue weighted by atomic mass is 35.5. The molecule has 0 aliphatic carbocycles. The standard InChI is InChI=1S/C18H17ClN4OS/c19-14-6-7-16(21-11-14)23-18-22-15(12-25-18)10-17(24)20-9-8-13-4-2-1-3-5-13/h1-7,11-12H,8-10H2,(H,20,24)(H,21,22,23). The molecule has 25 heavy (non-hydrogen) atoms. The summed E-state index contributed by atoms with van der Waals surface area (Å²) in [4.78, 5) is 20.6. The second kappa shape index (κ2) is 8.60. The number of thiazole rings is 1. The summed E-state index contributed by atoms with van der Waals surface area (Å²) in [6.45, 7) is 0.618. The number of pyridine rings is 1. The van der Waals surface area contributed by atoms with Gasteiger partial charge in [-0.3, -0.25) is 4.79 Å². The van der Waals surface area contributed by atoms with Crippen molar-refractivity contribution in [2.24, 2.45) is 0 Å². The zero-order valence-electron chi connectivity index (χ0n) is 13.4. The van der Waals surface area contributed by atoms with Crippen LogP contribution >= 0.6 is 22.9 Å². The molecule has 0 aliphatic rings. The normalized spacial score (nSPS) is 10.4. The van der Waals surface area contributed by atoms with Crippen LogP contribution in [0.15, 0.2) is 54.0 Å². The lowest BCUT2D eigenvalue weighted by atomic mass is 10.1. The summed E-state index contributed by atoms with van der Waals surface area (Å²) in [6.07, 6.45) is 2.65. The van der Waals surface area contributed by atoms with Crippen molar-refractivity contribution in [3.05, 3.63) is 70.3 Å². The number of carbonyl (C=O) groups excluding carboxylic acids is 1. The lowest BCUT2D eigenvalue weighted by molar-refractivity contribution is -0.120. The van der Waals surface area contributed by atoms with Crippen LogP contribution in [0.25, 0.3) is 0 Å². The van der Waals surface area contributed by atoms with Crippen LogP contribution in [-0.4, -0.2) is 22.4 Å². The van der Waals surface area contributed by atoms with Crippen molar-refractivity contribution in [3.63, 3.8) is 0 Å². The van der Waals surface area contributed by atoms with E-state index >= 15 is 0 Å². The van der Waals surface area contributed by atoms with Crippen LogP contribution in [0, 0.1) is 0 Å². The molecule has 128 valence electrons. The van der Waals surface area contributed by atoms with Gasteiger partial charge in [0.15, 0.2) is 5.13 Å². The Kier molecular flexibility index (Phi) is 5.98. The van der Waals surface area contributed by atoms with Gasteiger partial charge in [0, 0.05) is 18.1 Å². The fourth-order valence-electron chi connectivity index (χ4n) is 2.22. The van der Waals surface area contributed by atoms with Gasteiger partial charge in [0.2, 0.25) is 5.91 Å². The maximum atomic E-state index is 12.0. The molecule has 7 heteroatoms. The number of carbonyl (C=O) groups is 1. The van der Waals surface area contributed by atoms with Gasteiger partial charge in [0.05, 0.1) is 17.1 Å². The molecule has 0 bridgehead atoms. The first-order valence-electron chi connectivity index (χ1n) is 7.82. The Morgan fingerprint density at radius 3 is 2.76 bits per heavy atom. The molecule has 0 aliphatic heterocycles. The number of benzene rings is 1. The molecule has 0 saturated carbocycles. The van der Waals surface area contributed by atoms with E-state index in [9.17, 15) is 4.79 Å². The number of hydrogen-bond acceptors (Lipinski definition) is 5. The summed E-state index contributed by atoms with van der Waals surface area (Å²) in [5.74, 6) is 0.634. The van der Waals surface area contributed by atoms with E-state index < -0.39 is 0 Å². The van der Waals surface area contributed by atoms with Crippen molar-refractivity contribution in [3.8, 4) is 0 Å². The Balaban J connectivity index is 1.45. The molecule has 1 aromatic carbocycles. The van der Waals surface area contributed by atoms with E-state index in [1.165, 1.54) is 16.9 Å². The minimum atomic E-state index is -0.0302. The van der Waals surface area contributed by atoms with Gasteiger partial charge >= 0.3 is 0 Å². The monoisotopic (exact) mass is 372 g/mol. The highest BCUT2D eigenvalue weighted by molar-refractivity contribution is 7.13. The third-order valence-corrected chi connectivity index (χ3v) is 4.46. The van der Waals surface area contributed by atoms with Gasteiger partial charge in [-0.15, -0.1) is 11.3 Å². The van der Waals surface area contributed by atoms with Gasteiger partial charge in [0.25, 0.3) is 0 Å². The molecular formula is C18H17ClN4OS. The maximum absolute atomic E-state index is 12.0. The van der Waals surface area contributed by atoms with Gasteiger partial charge in [-0.1, -0.05) is 41.9 Å². The summed E-state index contributed by atoms with van der Waals surface area (Å²) in [5.41, 5.74) is 1.94. The molecule has 0 spiro atoms. The number of rotatable bonds is 7. The quantitative estimate of drug-likeness (QED) is 0.661. The first kappa shape index (κ1) is 17.4. The van der Waals surface area contributed by atoms with E-state index in [4.69, 9.17) is 11.6 Å². The summed E-state index contributed by atoms with van der Waals surface area (Å²) >= 11 is 7.25. The summed E-state index contributed by atoms with van der Waals surface area (Å²) < 4.78 is 0. The fourth-order valence-corrected chi connectivity index (χ4v) is 3.05. The van der Waals surface area contributed by atoms with E-state index in [0.29, 0.717) is 22.5 Å². The van der Waals surface area contributed by atoms with Gasteiger partial charge in [-0.2, -0.15) is 0 Å². The highest BCUT2D eigenvalue weighted by Crippen LogP contribution is 2.20.